The van der Waals surface area contributed by atoms with Crippen molar-refractivity contribution in [1.29, 1.82) is 0 Å². The number of benzene rings is 1. The molecule has 1 amide bonds. The Morgan fingerprint density at radius 3 is 2.83 bits per heavy atom. The van der Waals surface area contributed by atoms with Gasteiger partial charge in [-0.2, -0.15) is 0 Å². The van der Waals surface area contributed by atoms with Crippen molar-refractivity contribution < 1.29 is 23.7 Å². The van der Waals surface area contributed by atoms with E-state index in [4.69, 9.17) is 18.9 Å². The Labute approximate surface area is 175 Å². The first kappa shape index (κ1) is 19.1. The molecule has 3 aliphatic rings. The molecule has 0 N–H and O–H groups in total. The van der Waals surface area contributed by atoms with E-state index in [9.17, 15) is 4.79 Å². The first-order valence-corrected chi connectivity index (χ1v) is 10.4. The molecule has 0 bridgehead atoms. The number of amides is 1. The number of hydrogen-bond donors (Lipinski definition) is 0. The van der Waals surface area contributed by atoms with Gasteiger partial charge in [0.05, 0.1) is 13.2 Å². The smallest absolute Gasteiger partial charge is 0.259 e. The van der Waals surface area contributed by atoms with E-state index in [1.54, 1.807) is 18.3 Å². The standard InChI is InChI=1S/C22H25N3O5/c26-22(18-2-1-6-23-21(18)30-17-5-11-27-14-17)25-9-7-24(8-10-25)13-16-3-4-19-20(12-16)29-15-28-19/h1-4,6,12,17H,5,7-11,13-15H2/t17-/m0/s1. The lowest BCUT2D eigenvalue weighted by atomic mass is 10.1. The molecule has 0 aliphatic carbocycles. The van der Waals surface area contributed by atoms with Crippen LogP contribution in [0.3, 0.4) is 0 Å². The largest absolute Gasteiger partial charge is 0.471 e. The third-order valence-corrected chi connectivity index (χ3v) is 5.67. The summed E-state index contributed by atoms with van der Waals surface area (Å²) < 4.78 is 22.1. The number of carbonyl (C=O) groups is 1. The lowest BCUT2D eigenvalue weighted by Crippen LogP contribution is -2.48. The summed E-state index contributed by atoms with van der Waals surface area (Å²) in [5.74, 6) is 1.98. The van der Waals surface area contributed by atoms with Gasteiger partial charge < -0.3 is 23.8 Å². The summed E-state index contributed by atoms with van der Waals surface area (Å²) in [5.41, 5.74) is 1.70. The van der Waals surface area contributed by atoms with E-state index in [-0.39, 0.29) is 18.8 Å². The average Bonchev–Trinajstić information content (AvgIpc) is 3.46. The molecule has 1 aromatic carbocycles. The van der Waals surface area contributed by atoms with Gasteiger partial charge in [0.25, 0.3) is 5.91 Å². The van der Waals surface area contributed by atoms with Crippen molar-refractivity contribution in [2.24, 2.45) is 0 Å². The summed E-state index contributed by atoms with van der Waals surface area (Å²) in [4.78, 5) is 21.6. The zero-order valence-corrected chi connectivity index (χ0v) is 16.8. The van der Waals surface area contributed by atoms with Gasteiger partial charge in [-0.3, -0.25) is 9.69 Å². The van der Waals surface area contributed by atoms with Gasteiger partial charge in [-0.15, -0.1) is 0 Å². The molecular formula is C22H25N3O5. The van der Waals surface area contributed by atoms with Crippen LogP contribution in [0, 0.1) is 0 Å². The second kappa shape index (κ2) is 8.49. The number of rotatable bonds is 5. The Bertz CT molecular complexity index is 907. The summed E-state index contributed by atoms with van der Waals surface area (Å²) in [5, 5.41) is 0. The minimum absolute atomic E-state index is 0.0280. The minimum atomic E-state index is -0.0370. The number of fused-ring (bicyclic) bond motifs is 1. The normalized spacial score (nSPS) is 21.1. The molecule has 3 aliphatic heterocycles. The Kier molecular flexibility index (Phi) is 5.42. The van der Waals surface area contributed by atoms with Gasteiger partial charge >= 0.3 is 0 Å². The van der Waals surface area contributed by atoms with E-state index in [0.717, 1.165) is 37.6 Å². The van der Waals surface area contributed by atoms with Crippen molar-refractivity contribution in [2.45, 2.75) is 19.1 Å². The van der Waals surface area contributed by atoms with Gasteiger partial charge in [-0.1, -0.05) is 6.07 Å². The molecule has 2 saturated heterocycles. The number of ether oxygens (including phenoxy) is 4. The van der Waals surface area contributed by atoms with Crippen LogP contribution in [0.15, 0.2) is 36.5 Å². The number of piperazine rings is 1. The molecular weight excluding hydrogens is 386 g/mol. The van der Waals surface area contributed by atoms with Crippen molar-refractivity contribution in [2.75, 3.05) is 46.2 Å². The highest BCUT2D eigenvalue weighted by molar-refractivity contribution is 5.96. The van der Waals surface area contributed by atoms with Crippen LogP contribution in [-0.2, 0) is 11.3 Å². The van der Waals surface area contributed by atoms with Crippen molar-refractivity contribution >= 4 is 5.91 Å². The highest BCUT2D eigenvalue weighted by Crippen LogP contribution is 2.33. The molecule has 4 heterocycles. The molecule has 8 heteroatoms. The third kappa shape index (κ3) is 4.06. The topological polar surface area (TPSA) is 73.4 Å². The van der Waals surface area contributed by atoms with Crippen LogP contribution in [0.4, 0.5) is 0 Å². The quantitative estimate of drug-likeness (QED) is 0.744. The molecule has 0 unspecified atom stereocenters. The van der Waals surface area contributed by atoms with Gasteiger partial charge in [0.15, 0.2) is 11.5 Å². The number of pyridine rings is 1. The van der Waals surface area contributed by atoms with E-state index in [1.165, 1.54) is 5.56 Å². The molecule has 5 rings (SSSR count). The molecule has 1 atom stereocenters. The number of nitrogens with zero attached hydrogens (tertiary/aromatic N) is 3. The maximum Gasteiger partial charge on any atom is 0.259 e. The lowest BCUT2D eigenvalue weighted by Gasteiger charge is -2.35. The number of aromatic nitrogens is 1. The van der Waals surface area contributed by atoms with Crippen molar-refractivity contribution in [1.82, 2.24) is 14.8 Å². The Balaban J connectivity index is 1.19. The molecule has 2 aromatic rings. The molecule has 158 valence electrons. The fourth-order valence-electron chi connectivity index (χ4n) is 3.99. The average molecular weight is 411 g/mol. The van der Waals surface area contributed by atoms with Gasteiger partial charge in [0, 0.05) is 45.3 Å². The van der Waals surface area contributed by atoms with E-state index in [1.807, 2.05) is 17.0 Å². The lowest BCUT2D eigenvalue weighted by molar-refractivity contribution is 0.0618. The fourth-order valence-corrected chi connectivity index (χ4v) is 3.99. The van der Waals surface area contributed by atoms with E-state index < -0.39 is 0 Å². The molecule has 0 radical (unpaired) electrons. The van der Waals surface area contributed by atoms with E-state index >= 15 is 0 Å². The number of hydrogen-bond acceptors (Lipinski definition) is 7. The van der Waals surface area contributed by atoms with Gasteiger partial charge in [0.2, 0.25) is 12.7 Å². The second-order valence-corrected chi connectivity index (χ2v) is 7.72. The van der Waals surface area contributed by atoms with E-state index in [2.05, 4.69) is 16.0 Å². The Hall–Kier alpha value is -2.84. The van der Waals surface area contributed by atoms with Crippen LogP contribution in [0.5, 0.6) is 17.4 Å². The maximum absolute atomic E-state index is 13.1. The molecule has 0 spiro atoms. The number of carbonyl (C=O) groups excluding carboxylic acids is 1. The van der Waals surface area contributed by atoms with Gasteiger partial charge in [-0.05, 0) is 29.8 Å². The zero-order chi connectivity index (χ0) is 20.3. The predicted octanol–water partition coefficient (Wildman–Crippen LogP) is 1.94. The van der Waals surface area contributed by atoms with Gasteiger partial charge in [0.1, 0.15) is 11.7 Å². The molecule has 1 aromatic heterocycles. The van der Waals surface area contributed by atoms with Crippen molar-refractivity contribution in [3.05, 3.63) is 47.7 Å². The highest BCUT2D eigenvalue weighted by atomic mass is 16.7. The summed E-state index contributed by atoms with van der Waals surface area (Å²) >= 11 is 0. The van der Waals surface area contributed by atoms with E-state index in [0.29, 0.717) is 37.7 Å². The Morgan fingerprint density at radius 2 is 2.00 bits per heavy atom. The fraction of sp³-hybridized carbons (Fsp3) is 0.455. The van der Waals surface area contributed by atoms with Crippen molar-refractivity contribution in [3.8, 4) is 17.4 Å². The molecule has 2 fully saturated rings. The molecule has 8 nitrogen and oxygen atoms in total. The van der Waals surface area contributed by atoms with Gasteiger partial charge in [-0.25, -0.2) is 4.98 Å². The molecule has 0 saturated carbocycles. The first-order chi connectivity index (χ1) is 14.8. The summed E-state index contributed by atoms with van der Waals surface area (Å²) in [6.45, 7) is 5.30. The second-order valence-electron chi connectivity index (χ2n) is 7.72. The van der Waals surface area contributed by atoms with Crippen LogP contribution in [-0.4, -0.2) is 73.0 Å². The Morgan fingerprint density at radius 1 is 1.13 bits per heavy atom. The van der Waals surface area contributed by atoms with Crippen LogP contribution >= 0.6 is 0 Å². The highest BCUT2D eigenvalue weighted by Gasteiger charge is 2.27. The van der Waals surface area contributed by atoms with Crippen LogP contribution < -0.4 is 14.2 Å². The summed E-state index contributed by atoms with van der Waals surface area (Å²) in [6, 6.07) is 9.63. The summed E-state index contributed by atoms with van der Waals surface area (Å²) in [6.07, 6.45) is 2.44. The summed E-state index contributed by atoms with van der Waals surface area (Å²) in [7, 11) is 0. The van der Waals surface area contributed by atoms with Crippen LogP contribution in [0.1, 0.15) is 22.3 Å². The maximum atomic E-state index is 13.1. The zero-order valence-electron chi connectivity index (χ0n) is 16.8. The van der Waals surface area contributed by atoms with Crippen molar-refractivity contribution in [3.63, 3.8) is 0 Å². The molecule has 30 heavy (non-hydrogen) atoms. The monoisotopic (exact) mass is 411 g/mol. The third-order valence-electron chi connectivity index (χ3n) is 5.67. The van der Waals surface area contributed by atoms with Crippen LogP contribution in [0.25, 0.3) is 0 Å². The SMILES string of the molecule is O=C(c1cccnc1O[C@H]1CCOC1)N1CCN(Cc2ccc3c(c2)OCO3)CC1. The van der Waals surface area contributed by atoms with Crippen LogP contribution in [0.2, 0.25) is 0 Å². The predicted molar refractivity (Wildman–Crippen MR) is 108 cm³/mol. The minimum Gasteiger partial charge on any atom is -0.471 e. The first-order valence-electron chi connectivity index (χ1n) is 10.4.